The summed E-state index contributed by atoms with van der Waals surface area (Å²) >= 11 is 6.43. The van der Waals surface area contributed by atoms with Crippen molar-refractivity contribution in [3.8, 4) is 11.5 Å². The quantitative estimate of drug-likeness (QED) is 0.214. The van der Waals surface area contributed by atoms with Gasteiger partial charge in [-0.25, -0.2) is 0 Å². The molecule has 0 aromatic heterocycles. The van der Waals surface area contributed by atoms with Gasteiger partial charge in [0.05, 0.1) is 23.3 Å². The summed E-state index contributed by atoms with van der Waals surface area (Å²) in [6.45, 7) is 0.778. The molecule has 2 N–H and O–H groups in total. The number of nitrogens with zero attached hydrogens (tertiary/aromatic N) is 2. The Morgan fingerprint density at radius 1 is 0.907 bits per heavy atom. The molecule has 0 saturated carbocycles. The molecule has 1 aliphatic heterocycles. The Morgan fingerprint density at radius 2 is 1.65 bits per heavy atom. The summed E-state index contributed by atoms with van der Waals surface area (Å²) in [4.78, 5) is 65.7. The Labute approximate surface area is 252 Å². The fourth-order valence-corrected chi connectivity index (χ4v) is 4.59. The third-order valence-electron chi connectivity index (χ3n) is 6.36. The van der Waals surface area contributed by atoms with Crippen molar-refractivity contribution in [2.24, 2.45) is 0 Å². The van der Waals surface area contributed by atoms with Crippen molar-refractivity contribution in [1.82, 2.24) is 15.8 Å². The van der Waals surface area contributed by atoms with Gasteiger partial charge in [-0.2, -0.15) is 0 Å². The van der Waals surface area contributed by atoms with Crippen LogP contribution in [-0.4, -0.2) is 67.9 Å². The van der Waals surface area contributed by atoms with Gasteiger partial charge < -0.3 is 19.1 Å². The van der Waals surface area contributed by atoms with Crippen LogP contribution in [0.4, 0.5) is 5.69 Å². The second-order valence-corrected chi connectivity index (χ2v) is 9.71. The van der Waals surface area contributed by atoms with Gasteiger partial charge in [0, 0.05) is 19.2 Å². The summed E-state index contributed by atoms with van der Waals surface area (Å²) in [5.74, 6) is -1.96. The van der Waals surface area contributed by atoms with Crippen LogP contribution in [0.1, 0.15) is 33.2 Å². The van der Waals surface area contributed by atoms with Crippen molar-refractivity contribution >= 4 is 46.9 Å². The van der Waals surface area contributed by atoms with E-state index >= 15 is 0 Å². The predicted molar refractivity (Wildman–Crippen MR) is 156 cm³/mol. The Balaban J connectivity index is 1.44. The van der Waals surface area contributed by atoms with Crippen LogP contribution >= 0.6 is 11.6 Å². The van der Waals surface area contributed by atoms with Gasteiger partial charge in [-0.1, -0.05) is 41.9 Å². The molecule has 1 aliphatic rings. The first-order chi connectivity index (χ1) is 20.7. The standard InChI is InChI=1S/C30H29ClN4O8/c1-19(36)42-13-14-43-21-11-12-22(24(31)15-21)30(40)35-18-28(38)34(16-20-7-3-5-9-25(20)35)17-27(37)32-33-29(39)23-8-4-6-10-26(23)41-2/h3-12,15H,13-14,16-18H2,1-2H3,(H,32,37)(H,33,39). The number of ether oxygens (including phenoxy) is 3. The first-order valence-corrected chi connectivity index (χ1v) is 13.5. The second kappa shape index (κ2) is 14.2. The number of hydrogen-bond donors (Lipinski definition) is 2. The fraction of sp³-hybridized carbons (Fsp3) is 0.233. The lowest BCUT2D eigenvalue weighted by molar-refractivity contribution is -0.141. The number of nitrogens with one attached hydrogen (secondary N) is 2. The number of anilines is 1. The molecule has 13 heteroatoms. The van der Waals surface area contributed by atoms with Gasteiger partial charge in [-0.05, 0) is 42.0 Å². The summed E-state index contributed by atoms with van der Waals surface area (Å²) < 4.78 is 15.5. The van der Waals surface area contributed by atoms with Crippen LogP contribution in [-0.2, 0) is 25.7 Å². The molecular weight excluding hydrogens is 580 g/mol. The highest BCUT2D eigenvalue weighted by Crippen LogP contribution is 2.30. The molecule has 0 atom stereocenters. The molecule has 224 valence electrons. The molecule has 3 aromatic rings. The SMILES string of the molecule is COc1ccccc1C(=O)NNC(=O)CN1Cc2ccccc2N(C(=O)c2ccc(OCCOC(C)=O)cc2Cl)CC1=O. The van der Waals surface area contributed by atoms with E-state index in [1.54, 1.807) is 54.6 Å². The predicted octanol–water partition coefficient (Wildman–Crippen LogP) is 2.74. The highest BCUT2D eigenvalue weighted by molar-refractivity contribution is 6.34. The summed E-state index contributed by atoms with van der Waals surface area (Å²) in [6, 6.07) is 18.0. The molecule has 43 heavy (non-hydrogen) atoms. The van der Waals surface area contributed by atoms with Crippen molar-refractivity contribution in [3.05, 3.63) is 88.4 Å². The van der Waals surface area contributed by atoms with E-state index in [0.717, 1.165) is 0 Å². The van der Waals surface area contributed by atoms with Crippen LogP contribution in [0, 0.1) is 0 Å². The van der Waals surface area contributed by atoms with Gasteiger partial charge >= 0.3 is 5.97 Å². The number of para-hydroxylation sites is 2. The molecule has 4 rings (SSSR count). The molecule has 3 aromatic carbocycles. The lowest BCUT2D eigenvalue weighted by Crippen LogP contribution is -2.48. The zero-order chi connectivity index (χ0) is 30.9. The Bertz CT molecular complexity index is 1550. The van der Waals surface area contributed by atoms with Crippen molar-refractivity contribution in [2.75, 3.05) is 38.3 Å². The molecular formula is C30H29ClN4O8. The number of hydrazine groups is 1. The second-order valence-electron chi connectivity index (χ2n) is 9.30. The zero-order valence-electron chi connectivity index (χ0n) is 23.4. The molecule has 0 unspecified atom stereocenters. The monoisotopic (exact) mass is 608 g/mol. The normalized spacial score (nSPS) is 12.5. The Morgan fingerprint density at radius 3 is 2.40 bits per heavy atom. The molecule has 12 nitrogen and oxygen atoms in total. The van der Waals surface area contributed by atoms with Crippen molar-refractivity contribution < 1.29 is 38.2 Å². The summed E-state index contributed by atoms with van der Waals surface area (Å²) in [6.07, 6.45) is 0. The summed E-state index contributed by atoms with van der Waals surface area (Å²) in [5.41, 5.74) is 6.13. The van der Waals surface area contributed by atoms with Crippen LogP contribution in [0.15, 0.2) is 66.7 Å². The topological polar surface area (TPSA) is 144 Å². The number of carbonyl (C=O) groups excluding carboxylic acids is 5. The maximum atomic E-state index is 13.7. The van der Waals surface area contributed by atoms with Crippen molar-refractivity contribution in [2.45, 2.75) is 13.5 Å². The molecule has 0 saturated heterocycles. The van der Waals surface area contributed by atoms with E-state index in [1.807, 2.05) is 0 Å². The number of hydrogen-bond acceptors (Lipinski definition) is 8. The lowest BCUT2D eigenvalue weighted by atomic mass is 10.1. The van der Waals surface area contributed by atoms with Crippen molar-refractivity contribution in [1.29, 1.82) is 0 Å². The highest BCUT2D eigenvalue weighted by atomic mass is 35.5. The van der Waals surface area contributed by atoms with Gasteiger partial charge in [0.25, 0.3) is 17.7 Å². The van der Waals surface area contributed by atoms with E-state index in [2.05, 4.69) is 10.9 Å². The Hall–Kier alpha value is -5.10. The van der Waals surface area contributed by atoms with Crippen LogP contribution in [0.3, 0.4) is 0 Å². The molecule has 4 amide bonds. The fourth-order valence-electron chi connectivity index (χ4n) is 4.34. The third-order valence-corrected chi connectivity index (χ3v) is 6.68. The minimum Gasteiger partial charge on any atom is -0.496 e. The maximum absolute atomic E-state index is 13.7. The number of fused-ring (bicyclic) bond motifs is 1. The van der Waals surface area contributed by atoms with E-state index in [1.165, 1.54) is 36.0 Å². The molecule has 0 aliphatic carbocycles. The molecule has 0 bridgehead atoms. The lowest BCUT2D eigenvalue weighted by Gasteiger charge is -2.23. The van der Waals surface area contributed by atoms with Gasteiger partial charge in [0.1, 0.15) is 37.8 Å². The average molecular weight is 609 g/mol. The smallest absolute Gasteiger partial charge is 0.302 e. The number of carbonyl (C=O) groups is 5. The Kier molecular flexibility index (Phi) is 10.2. The van der Waals surface area contributed by atoms with Gasteiger partial charge in [0.15, 0.2) is 0 Å². The molecule has 1 heterocycles. The number of rotatable bonds is 9. The van der Waals surface area contributed by atoms with E-state index in [-0.39, 0.29) is 49.0 Å². The number of halogens is 1. The van der Waals surface area contributed by atoms with Gasteiger partial charge in [-0.3, -0.25) is 39.7 Å². The summed E-state index contributed by atoms with van der Waals surface area (Å²) in [7, 11) is 1.43. The van der Waals surface area contributed by atoms with Crippen LogP contribution in [0.5, 0.6) is 11.5 Å². The largest absolute Gasteiger partial charge is 0.496 e. The molecule has 0 spiro atoms. The highest BCUT2D eigenvalue weighted by Gasteiger charge is 2.31. The maximum Gasteiger partial charge on any atom is 0.302 e. The molecule has 0 fully saturated rings. The van der Waals surface area contributed by atoms with Crippen LogP contribution in [0.25, 0.3) is 0 Å². The average Bonchev–Trinajstić information content (AvgIpc) is 3.13. The number of benzene rings is 3. The zero-order valence-corrected chi connectivity index (χ0v) is 24.2. The van der Waals surface area contributed by atoms with E-state index in [4.69, 9.17) is 25.8 Å². The number of methoxy groups -OCH3 is 1. The van der Waals surface area contributed by atoms with Crippen molar-refractivity contribution in [3.63, 3.8) is 0 Å². The first kappa shape index (κ1) is 30.8. The molecule has 0 radical (unpaired) electrons. The number of amides is 4. The first-order valence-electron chi connectivity index (χ1n) is 13.1. The van der Waals surface area contributed by atoms with Crippen LogP contribution < -0.4 is 25.2 Å². The van der Waals surface area contributed by atoms with E-state index < -0.39 is 29.6 Å². The van der Waals surface area contributed by atoms with Gasteiger partial charge in [-0.15, -0.1) is 0 Å². The van der Waals surface area contributed by atoms with E-state index in [0.29, 0.717) is 22.7 Å². The van der Waals surface area contributed by atoms with E-state index in [9.17, 15) is 24.0 Å². The third kappa shape index (κ3) is 7.80. The minimum absolute atomic E-state index is 0.0511. The van der Waals surface area contributed by atoms with Crippen LogP contribution in [0.2, 0.25) is 5.02 Å². The van der Waals surface area contributed by atoms with Gasteiger partial charge in [0.2, 0.25) is 5.91 Å². The summed E-state index contributed by atoms with van der Waals surface area (Å²) in [5, 5.41) is 0.103. The number of esters is 1. The minimum atomic E-state index is -0.638.